The molecule has 0 saturated carbocycles. The average Bonchev–Trinajstić information content (AvgIpc) is 2.53. The van der Waals surface area contributed by atoms with Crippen molar-refractivity contribution in [1.82, 2.24) is 0 Å². The summed E-state index contributed by atoms with van der Waals surface area (Å²) in [5, 5.41) is 7.52. The minimum atomic E-state index is 0.565. The van der Waals surface area contributed by atoms with Gasteiger partial charge < -0.3 is 10.1 Å². The van der Waals surface area contributed by atoms with E-state index in [0.29, 0.717) is 5.92 Å². The number of methoxy groups -OCH3 is 1. The van der Waals surface area contributed by atoms with Gasteiger partial charge in [0.2, 0.25) is 0 Å². The highest BCUT2D eigenvalue weighted by Gasteiger charge is 2.00. The van der Waals surface area contributed by atoms with Gasteiger partial charge in [-0.15, -0.1) is 0 Å². The van der Waals surface area contributed by atoms with Crippen LogP contribution in [0.3, 0.4) is 0 Å². The summed E-state index contributed by atoms with van der Waals surface area (Å²) in [6.45, 7) is 3.96. The highest BCUT2D eigenvalue weighted by atomic mass is 32.1. The Morgan fingerprint density at radius 1 is 1.67 bits per heavy atom. The van der Waals surface area contributed by atoms with E-state index in [-0.39, 0.29) is 0 Å². The Hall–Kier alpha value is -0.540. The van der Waals surface area contributed by atoms with E-state index in [0.717, 1.165) is 13.2 Å². The van der Waals surface area contributed by atoms with Crippen molar-refractivity contribution >= 4 is 17.0 Å². The monoisotopic (exact) mass is 185 g/mol. The maximum Gasteiger partial charge on any atom is 0.0504 e. The van der Waals surface area contributed by atoms with Gasteiger partial charge in [-0.05, 0) is 17.4 Å². The van der Waals surface area contributed by atoms with Gasteiger partial charge in [-0.2, -0.15) is 11.3 Å². The smallest absolute Gasteiger partial charge is 0.0504 e. The van der Waals surface area contributed by atoms with Crippen LogP contribution in [0.15, 0.2) is 16.8 Å². The molecule has 1 atom stereocenters. The Morgan fingerprint density at radius 3 is 3.08 bits per heavy atom. The summed E-state index contributed by atoms with van der Waals surface area (Å²) in [4.78, 5) is 0. The molecule has 1 N–H and O–H groups in total. The van der Waals surface area contributed by atoms with E-state index in [1.807, 2.05) is 0 Å². The highest BCUT2D eigenvalue weighted by molar-refractivity contribution is 7.08. The zero-order valence-electron chi connectivity index (χ0n) is 7.54. The van der Waals surface area contributed by atoms with E-state index < -0.39 is 0 Å². The molecule has 3 heteroatoms. The minimum absolute atomic E-state index is 0.565. The zero-order chi connectivity index (χ0) is 8.81. The van der Waals surface area contributed by atoms with Gasteiger partial charge in [-0.3, -0.25) is 0 Å². The normalized spacial score (nSPS) is 12.8. The molecule has 0 bridgehead atoms. The Balaban J connectivity index is 2.17. The maximum absolute atomic E-state index is 5.04. The van der Waals surface area contributed by atoms with E-state index >= 15 is 0 Å². The number of rotatable bonds is 5. The molecule has 1 heterocycles. The van der Waals surface area contributed by atoms with E-state index in [9.17, 15) is 0 Å². The second kappa shape index (κ2) is 5.17. The van der Waals surface area contributed by atoms with Crippen molar-refractivity contribution in [1.29, 1.82) is 0 Å². The lowest BCUT2D eigenvalue weighted by atomic mass is 10.2. The van der Waals surface area contributed by atoms with Crippen molar-refractivity contribution in [2.24, 2.45) is 5.92 Å². The van der Waals surface area contributed by atoms with E-state index in [2.05, 4.69) is 29.1 Å². The number of hydrogen-bond donors (Lipinski definition) is 1. The predicted octanol–water partition coefficient (Wildman–Crippen LogP) is 2.44. The number of thiophene rings is 1. The van der Waals surface area contributed by atoms with Crippen molar-refractivity contribution in [3.8, 4) is 0 Å². The van der Waals surface area contributed by atoms with Crippen LogP contribution >= 0.6 is 11.3 Å². The van der Waals surface area contributed by atoms with Gasteiger partial charge in [0.25, 0.3) is 0 Å². The topological polar surface area (TPSA) is 21.3 Å². The van der Waals surface area contributed by atoms with Crippen molar-refractivity contribution in [2.75, 3.05) is 25.6 Å². The largest absolute Gasteiger partial charge is 0.384 e. The third-order valence-electron chi connectivity index (χ3n) is 1.63. The zero-order valence-corrected chi connectivity index (χ0v) is 8.36. The molecule has 1 aromatic heterocycles. The van der Waals surface area contributed by atoms with Crippen molar-refractivity contribution in [3.63, 3.8) is 0 Å². The van der Waals surface area contributed by atoms with E-state index in [4.69, 9.17) is 4.74 Å². The molecular weight excluding hydrogens is 170 g/mol. The molecule has 0 saturated heterocycles. The highest BCUT2D eigenvalue weighted by Crippen LogP contribution is 2.12. The van der Waals surface area contributed by atoms with Crippen LogP contribution in [-0.4, -0.2) is 20.3 Å². The van der Waals surface area contributed by atoms with Crippen LogP contribution < -0.4 is 5.32 Å². The number of anilines is 1. The standard InChI is InChI=1S/C9H15NOS/c1-8(6-11-2)5-10-9-3-4-12-7-9/h3-4,7-8,10H,5-6H2,1-2H3. The van der Waals surface area contributed by atoms with Crippen LogP contribution in [0.2, 0.25) is 0 Å². The predicted molar refractivity (Wildman–Crippen MR) is 53.8 cm³/mol. The van der Waals surface area contributed by atoms with Gasteiger partial charge >= 0.3 is 0 Å². The number of ether oxygens (including phenoxy) is 1. The molecule has 0 amide bonds. The first-order valence-corrected chi connectivity index (χ1v) is 5.02. The van der Waals surface area contributed by atoms with Gasteiger partial charge in [0.1, 0.15) is 0 Å². The SMILES string of the molecule is COCC(C)CNc1ccsc1. The van der Waals surface area contributed by atoms with Crippen LogP contribution in [0.5, 0.6) is 0 Å². The van der Waals surface area contributed by atoms with Gasteiger partial charge in [-0.25, -0.2) is 0 Å². The molecule has 0 fully saturated rings. The molecule has 12 heavy (non-hydrogen) atoms. The maximum atomic E-state index is 5.04. The Labute approximate surface area is 77.6 Å². The summed E-state index contributed by atoms with van der Waals surface area (Å²) in [5.41, 5.74) is 1.21. The lowest BCUT2D eigenvalue weighted by molar-refractivity contribution is 0.164. The molecule has 0 aliphatic carbocycles. The lowest BCUT2D eigenvalue weighted by Gasteiger charge is -2.10. The Kier molecular flexibility index (Phi) is 4.11. The van der Waals surface area contributed by atoms with Crippen LogP contribution in [0.4, 0.5) is 5.69 Å². The summed E-state index contributed by atoms with van der Waals surface area (Å²) >= 11 is 1.71. The molecule has 2 nitrogen and oxygen atoms in total. The molecule has 1 rings (SSSR count). The minimum Gasteiger partial charge on any atom is -0.384 e. The fourth-order valence-electron chi connectivity index (χ4n) is 1.00. The lowest BCUT2D eigenvalue weighted by Crippen LogP contribution is -2.15. The van der Waals surface area contributed by atoms with Crippen LogP contribution in [0.1, 0.15) is 6.92 Å². The average molecular weight is 185 g/mol. The summed E-state index contributed by atoms with van der Waals surface area (Å²) in [6.07, 6.45) is 0. The van der Waals surface area contributed by atoms with Gasteiger partial charge in [0.15, 0.2) is 0 Å². The molecule has 0 aliphatic heterocycles. The number of hydrogen-bond acceptors (Lipinski definition) is 3. The molecule has 0 aromatic carbocycles. The van der Waals surface area contributed by atoms with Crippen LogP contribution in [0.25, 0.3) is 0 Å². The molecule has 0 radical (unpaired) electrons. The fraction of sp³-hybridized carbons (Fsp3) is 0.556. The Bertz CT molecular complexity index is 198. The van der Waals surface area contributed by atoms with E-state index in [1.54, 1.807) is 18.4 Å². The van der Waals surface area contributed by atoms with Crippen molar-refractivity contribution in [3.05, 3.63) is 16.8 Å². The second-order valence-electron chi connectivity index (χ2n) is 2.95. The molecule has 68 valence electrons. The summed E-state index contributed by atoms with van der Waals surface area (Å²) in [5.74, 6) is 0.565. The Morgan fingerprint density at radius 2 is 2.50 bits per heavy atom. The first-order chi connectivity index (χ1) is 5.83. The summed E-state index contributed by atoms with van der Waals surface area (Å²) < 4.78 is 5.04. The number of nitrogens with one attached hydrogen (secondary N) is 1. The van der Waals surface area contributed by atoms with Crippen LogP contribution in [0, 0.1) is 5.92 Å². The van der Waals surface area contributed by atoms with E-state index in [1.165, 1.54) is 5.69 Å². The molecular formula is C9H15NOS. The van der Waals surface area contributed by atoms with Crippen molar-refractivity contribution in [2.45, 2.75) is 6.92 Å². The summed E-state index contributed by atoms with van der Waals surface area (Å²) in [7, 11) is 1.74. The second-order valence-corrected chi connectivity index (χ2v) is 3.73. The first-order valence-electron chi connectivity index (χ1n) is 4.08. The quantitative estimate of drug-likeness (QED) is 0.760. The van der Waals surface area contributed by atoms with Crippen molar-refractivity contribution < 1.29 is 4.74 Å². The van der Waals surface area contributed by atoms with Gasteiger partial charge in [0, 0.05) is 24.7 Å². The third kappa shape index (κ3) is 3.24. The third-order valence-corrected chi connectivity index (χ3v) is 2.31. The van der Waals surface area contributed by atoms with Gasteiger partial charge in [0.05, 0.1) is 6.61 Å². The molecule has 1 unspecified atom stereocenters. The summed E-state index contributed by atoms with van der Waals surface area (Å²) in [6, 6.07) is 2.09. The fourth-order valence-corrected chi connectivity index (χ4v) is 1.61. The molecule has 0 aliphatic rings. The van der Waals surface area contributed by atoms with Gasteiger partial charge in [-0.1, -0.05) is 6.92 Å². The molecule has 1 aromatic rings. The molecule has 0 spiro atoms. The van der Waals surface area contributed by atoms with Crippen LogP contribution in [-0.2, 0) is 4.74 Å². The first kappa shape index (κ1) is 9.55.